The van der Waals surface area contributed by atoms with Crippen LogP contribution in [0.3, 0.4) is 0 Å². The van der Waals surface area contributed by atoms with Gasteiger partial charge >= 0.3 is 0 Å². The molecule has 2 fully saturated rings. The van der Waals surface area contributed by atoms with E-state index in [4.69, 9.17) is 0 Å². The molecule has 2 aliphatic rings. The molecule has 39 heavy (non-hydrogen) atoms. The van der Waals surface area contributed by atoms with Gasteiger partial charge in [0.15, 0.2) is 0 Å². The summed E-state index contributed by atoms with van der Waals surface area (Å²) in [5.74, 6) is 0.341. The van der Waals surface area contributed by atoms with Crippen LogP contribution in [0.5, 0.6) is 0 Å². The van der Waals surface area contributed by atoms with Crippen molar-refractivity contribution < 1.29 is 13.6 Å². The summed E-state index contributed by atoms with van der Waals surface area (Å²) in [5.41, 5.74) is 4.48. The summed E-state index contributed by atoms with van der Waals surface area (Å²) in [6.07, 6.45) is 7.54. The minimum Gasteiger partial charge on any atom is -0.320 e. The van der Waals surface area contributed by atoms with Gasteiger partial charge in [-0.2, -0.15) is 0 Å². The molecular formula is C33H45F2N3O. The van der Waals surface area contributed by atoms with E-state index in [1.807, 2.05) is 7.05 Å². The van der Waals surface area contributed by atoms with Crippen molar-refractivity contribution in [3.63, 3.8) is 0 Å². The Kier molecular flexibility index (Phi) is 10.1. The van der Waals surface area contributed by atoms with E-state index in [1.54, 1.807) is 19.1 Å². The maximum atomic E-state index is 16.2. The molecule has 1 unspecified atom stereocenters. The van der Waals surface area contributed by atoms with Crippen LogP contribution in [0.15, 0.2) is 35.3 Å². The highest BCUT2D eigenvalue weighted by molar-refractivity contribution is 5.78. The van der Waals surface area contributed by atoms with E-state index in [1.165, 1.54) is 12.1 Å². The van der Waals surface area contributed by atoms with Crippen LogP contribution in [-0.4, -0.2) is 50.6 Å². The summed E-state index contributed by atoms with van der Waals surface area (Å²) in [7, 11) is 1.92. The molecule has 6 heteroatoms. The largest absolute Gasteiger partial charge is 0.320 e. The van der Waals surface area contributed by atoms with Crippen molar-refractivity contribution in [2.45, 2.75) is 77.7 Å². The van der Waals surface area contributed by atoms with Crippen molar-refractivity contribution in [1.29, 1.82) is 0 Å². The van der Waals surface area contributed by atoms with Gasteiger partial charge in [-0.15, -0.1) is 0 Å². The second kappa shape index (κ2) is 13.3. The average Bonchev–Trinajstić information content (AvgIpc) is 3.73. The van der Waals surface area contributed by atoms with Crippen molar-refractivity contribution in [2.24, 2.45) is 16.3 Å². The van der Waals surface area contributed by atoms with E-state index in [2.05, 4.69) is 34.9 Å². The fourth-order valence-corrected chi connectivity index (χ4v) is 6.48. The third-order valence-corrected chi connectivity index (χ3v) is 8.68. The van der Waals surface area contributed by atoms with Crippen molar-refractivity contribution in [3.8, 4) is 11.1 Å². The monoisotopic (exact) mass is 537 g/mol. The number of ketones is 1. The summed E-state index contributed by atoms with van der Waals surface area (Å²) < 4.78 is 29.8. The van der Waals surface area contributed by atoms with E-state index in [9.17, 15) is 9.18 Å². The second-order valence-electron chi connectivity index (χ2n) is 11.9. The number of hydrogen-bond acceptors (Lipinski definition) is 4. The number of aliphatic imine (C=N–C) groups is 1. The third-order valence-electron chi connectivity index (χ3n) is 8.68. The molecule has 0 bridgehead atoms. The summed E-state index contributed by atoms with van der Waals surface area (Å²) in [6, 6.07) is 8.50. The van der Waals surface area contributed by atoms with E-state index < -0.39 is 0 Å². The van der Waals surface area contributed by atoms with Gasteiger partial charge in [-0.05, 0) is 106 Å². The van der Waals surface area contributed by atoms with Gasteiger partial charge in [0.2, 0.25) is 0 Å². The molecule has 2 aromatic carbocycles. The molecule has 4 nitrogen and oxygen atoms in total. The molecule has 1 saturated heterocycles. The quantitative estimate of drug-likeness (QED) is 0.236. The number of nitrogens with one attached hydrogen (secondary N) is 1. The van der Waals surface area contributed by atoms with Gasteiger partial charge in [0.05, 0.1) is 0 Å². The van der Waals surface area contributed by atoms with Crippen molar-refractivity contribution in [1.82, 2.24) is 10.2 Å². The first kappa shape index (κ1) is 29.5. The molecule has 0 amide bonds. The lowest BCUT2D eigenvalue weighted by Gasteiger charge is -2.50. The maximum absolute atomic E-state index is 16.2. The van der Waals surface area contributed by atoms with Crippen LogP contribution in [0.2, 0.25) is 0 Å². The number of Topliss-reactive ketones (excluding diaryl/α,β-unsaturated/α-hetero) is 1. The lowest BCUT2D eigenvalue weighted by molar-refractivity contribution is -0.121. The molecule has 1 aliphatic heterocycles. The molecule has 212 valence electrons. The minimum absolute atomic E-state index is 0.0862. The molecule has 0 aromatic heterocycles. The molecular weight excluding hydrogens is 492 g/mol. The normalized spacial score (nSPS) is 17.6. The topological polar surface area (TPSA) is 44.7 Å². The molecule has 1 heterocycles. The highest BCUT2D eigenvalue weighted by atomic mass is 19.1. The van der Waals surface area contributed by atoms with Crippen LogP contribution >= 0.6 is 0 Å². The Balaban J connectivity index is 1.49. The maximum Gasteiger partial charge on any atom is 0.134 e. The van der Waals surface area contributed by atoms with Gasteiger partial charge < -0.3 is 10.3 Å². The van der Waals surface area contributed by atoms with Gasteiger partial charge in [-0.3, -0.25) is 9.69 Å². The molecule has 0 radical (unpaired) electrons. The zero-order valence-corrected chi connectivity index (χ0v) is 24.0. The van der Waals surface area contributed by atoms with Crippen LogP contribution in [0.4, 0.5) is 8.78 Å². The number of carbonyl (C=O) groups excluding carboxylic acids is 1. The predicted molar refractivity (Wildman–Crippen MR) is 156 cm³/mol. The zero-order valence-electron chi connectivity index (χ0n) is 24.0. The number of likely N-dealkylation sites (tertiary alicyclic amines) is 1. The van der Waals surface area contributed by atoms with Crippen molar-refractivity contribution >= 4 is 12.5 Å². The van der Waals surface area contributed by atoms with E-state index >= 15 is 4.39 Å². The lowest BCUT2D eigenvalue weighted by atomic mass is 9.74. The van der Waals surface area contributed by atoms with Gasteiger partial charge in [-0.1, -0.05) is 38.0 Å². The third kappa shape index (κ3) is 7.20. The number of carbonyl (C=O) groups is 1. The lowest BCUT2D eigenvalue weighted by Crippen LogP contribution is -2.57. The Morgan fingerprint density at radius 3 is 2.51 bits per heavy atom. The minimum atomic E-state index is -0.303. The summed E-state index contributed by atoms with van der Waals surface area (Å²) >= 11 is 0. The average molecular weight is 538 g/mol. The molecule has 1 N–H and O–H groups in total. The zero-order chi connectivity index (χ0) is 28.0. The number of nitrogens with zero attached hydrogens (tertiary/aromatic N) is 2. The van der Waals surface area contributed by atoms with Crippen LogP contribution in [0.1, 0.15) is 81.4 Å². The molecule has 0 spiro atoms. The Labute approximate surface area is 233 Å². The fraction of sp³-hybridized carbons (Fsp3) is 0.576. The van der Waals surface area contributed by atoms with Crippen LogP contribution in [0.25, 0.3) is 11.1 Å². The van der Waals surface area contributed by atoms with E-state index in [0.717, 1.165) is 99.9 Å². The first-order chi connectivity index (χ1) is 18.8. The Morgan fingerprint density at radius 1 is 1.21 bits per heavy atom. The van der Waals surface area contributed by atoms with Crippen LogP contribution in [0, 0.1) is 23.0 Å². The molecule has 1 saturated carbocycles. The predicted octanol–water partition coefficient (Wildman–Crippen LogP) is 6.95. The van der Waals surface area contributed by atoms with Gasteiger partial charge in [0, 0.05) is 43.1 Å². The van der Waals surface area contributed by atoms with E-state index in [-0.39, 0.29) is 28.8 Å². The second-order valence-corrected chi connectivity index (χ2v) is 11.9. The number of hydrogen-bond donors (Lipinski definition) is 1. The number of rotatable bonds is 16. The van der Waals surface area contributed by atoms with Crippen molar-refractivity contribution in [3.05, 3.63) is 58.7 Å². The number of benzene rings is 2. The van der Waals surface area contributed by atoms with E-state index in [0.29, 0.717) is 17.9 Å². The summed E-state index contributed by atoms with van der Waals surface area (Å²) in [4.78, 5) is 18.8. The molecule has 4 rings (SSSR count). The van der Waals surface area contributed by atoms with Gasteiger partial charge in [0.1, 0.15) is 17.4 Å². The smallest absolute Gasteiger partial charge is 0.134 e. The Bertz CT molecular complexity index is 1140. The Hall–Kier alpha value is -2.44. The van der Waals surface area contributed by atoms with Crippen LogP contribution < -0.4 is 5.32 Å². The highest BCUT2D eigenvalue weighted by Crippen LogP contribution is 2.47. The first-order valence-electron chi connectivity index (χ1n) is 14.7. The van der Waals surface area contributed by atoms with Crippen molar-refractivity contribution in [2.75, 3.05) is 33.2 Å². The summed E-state index contributed by atoms with van der Waals surface area (Å²) in [5, 5.41) is 3.15. The highest BCUT2D eigenvalue weighted by Gasteiger charge is 2.42. The first-order valence-corrected chi connectivity index (χ1v) is 14.7. The standard InChI is InChI=1S/C33H45F2N3O/c1-5-7-29-27(18-30(25-9-10-25)31(32(29)35)26-11-13-28(34)14-12-26)19-38-21-33(22-38,20-37-4)16-6-8-24(23(2)39)15-17-36-3/h11-14,18,24-25,36H,4-10,15-17,19-22H2,1-3H3. The molecule has 1 atom stereocenters. The number of halogens is 2. The Morgan fingerprint density at radius 2 is 1.92 bits per heavy atom. The molecule has 1 aliphatic carbocycles. The SMILES string of the molecule is C=NCC1(CCCC(CCNC)C(C)=O)CN(Cc2cc(C3CC3)c(-c3ccc(F)cc3)c(F)c2CCC)C1. The van der Waals surface area contributed by atoms with Crippen LogP contribution in [-0.2, 0) is 17.8 Å². The summed E-state index contributed by atoms with van der Waals surface area (Å²) in [6.45, 7) is 11.7. The molecule has 2 aromatic rings. The fourth-order valence-electron chi connectivity index (χ4n) is 6.48. The van der Waals surface area contributed by atoms with Gasteiger partial charge in [-0.25, -0.2) is 8.78 Å². The van der Waals surface area contributed by atoms with Gasteiger partial charge in [0.25, 0.3) is 0 Å².